The largest absolute Gasteiger partial charge is 0.475 e. The summed E-state index contributed by atoms with van der Waals surface area (Å²) in [6.07, 6.45) is 9.66. The van der Waals surface area contributed by atoms with Gasteiger partial charge < -0.3 is 9.52 Å². The monoisotopic (exact) mass is 246 g/mol. The lowest BCUT2D eigenvalue weighted by Gasteiger charge is -2.56. The van der Waals surface area contributed by atoms with Crippen LogP contribution >= 0.6 is 0 Å². The Kier molecular flexibility index (Phi) is 2.01. The highest BCUT2D eigenvalue weighted by atomic mass is 16.4. The van der Waals surface area contributed by atoms with Crippen molar-refractivity contribution in [3.63, 3.8) is 0 Å². The summed E-state index contributed by atoms with van der Waals surface area (Å²) in [5, 5.41) is 8.99. The molecule has 4 bridgehead atoms. The van der Waals surface area contributed by atoms with Crippen LogP contribution < -0.4 is 0 Å². The highest BCUT2D eigenvalue weighted by Gasteiger charge is 2.52. The Hall–Kier alpha value is -1.25. The van der Waals surface area contributed by atoms with E-state index >= 15 is 0 Å². The van der Waals surface area contributed by atoms with Crippen molar-refractivity contribution in [3.8, 4) is 0 Å². The number of carbonyl (C=O) groups is 1. The normalized spacial score (nSPS) is 41.2. The van der Waals surface area contributed by atoms with Crippen molar-refractivity contribution in [1.82, 2.24) is 0 Å². The first-order chi connectivity index (χ1) is 8.64. The van der Waals surface area contributed by atoms with Crippen LogP contribution in [0.3, 0.4) is 0 Å². The molecule has 0 amide bonds. The van der Waals surface area contributed by atoms with E-state index in [1.54, 1.807) is 12.3 Å². The lowest BCUT2D eigenvalue weighted by Crippen LogP contribution is -2.48. The van der Waals surface area contributed by atoms with E-state index in [2.05, 4.69) is 0 Å². The van der Waals surface area contributed by atoms with Gasteiger partial charge >= 0.3 is 5.97 Å². The number of aromatic carboxylic acids is 1. The molecule has 1 heterocycles. The Morgan fingerprint density at radius 1 is 1.17 bits per heavy atom. The van der Waals surface area contributed by atoms with Crippen molar-refractivity contribution in [2.45, 2.75) is 43.9 Å². The Morgan fingerprint density at radius 2 is 1.72 bits per heavy atom. The van der Waals surface area contributed by atoms with Gasteiger partial charge in [-0.05, 0) is 73.3 Å². The van der Waals surface area contributed by atoms with Gasteiger partial charge in [0, 0.05) is 0 Å². The molecule has 4 fully saturated rings. The molecular weight excluding hydrogens is 228 g/mol. The van der Waals surface area contributed by atoms with Crippen LogP contribution in [-0.2, 0) is 5.41 Å². The van der Waals surface area contributed by atoms with Crippen molar-refractivity contribution in [2.24, 2.45) is 17.8 Å². The fraction of sp³-hybridized carbons (Fsp3) is 0.667. The van der Waals surface area contributed by atoms with E-state index in [-0.39, 0.29) is 11.2 Å². The maximum absolute atomic E-state index is 10.9. The summed E-state index contributed by atoms with van der Waals surface area (Å²) >= 11 is 0. The molecule has 0 spiro atoms. The summed E-state index contributed by atoms with van der Waals surface area (Å²) in [6.45, 7) is 0. The van der Waals surface area contributed by atoms with Crippen molar-refractivity contribution in [3.05, 3.63) is 23.7 Å². The molecule has 1 aromatic rings. The summed E-state index contributed by atoms with van der Waals surface area (Å²) in [5.74, 6) is 1.77. The van der Waals surface area contributed by atoms with Crippen molar-refractivity contribution < 1.29 is 14.3 Å². The summed E-state index contributed by atoms with van der Waals surface area (Å²) in [4.78, 5) is 10.9. The molecule has 18 heavy (non-hydrogen) atoms. The average molecular weight is 246 g/mol. The zero-order valence-corrected chi connectivity index (χ0v) is 10.4. The molecule has 4 aliphatic rings. The quantitative estimate of drug-likeness (QED) is 0.869. The molecule has 0 radical (unpaired) electrons. The van der Waals surface area contributed by atoms with Gasteiger partial charge in [0.25, 0.3) is 0 Å². The van der Waals surface area contributed by atoms with Crippen molar-refractivity contribution >= 4 is 5.97 Å². The lowest BCUT2D eigenvalue weighted by molar-refractivity contribution is -0.00542. The van der Waals surface area contributed by atoms with E-state index < -0.39 is 5.97 Å². The lowest BCUT2D eigenvalue weighted by atomic mass is 9.48. The van der Waals surface area contributed by atoms with E-state index in [1.165, 1.54) is 38.5 Å². The molecule has 4 saturated carbocycles. The van der Waals surface area contributed by atoms with E-state index in [0.29, 0.717) is 0 Å². The Morgan fingerprint density at radius 3 is 2.17 bits per heavy atom. The van der Waals surface area contributed by atoms with E-state index in [9.17, 15) is 4.79 Å². The molecule has 96 valence electrons. The SMILES string of the molecule is O=C(O)c1cc(C23CC4CC(CC(C4)C2)C3)co1. The Bertz CT molecular complexity index is 464. The van der Waals surface area contributed by atoms with Crippen LogP contribution in [0.5, 0.6) is 0 Å². The maximum atomic E-state index is 10.9. The van der Waals surface area contributed by atoms with Crippen LogP contribution in [0.4, 0.5) is 0 Å². The van der Waals surface area contributed by atoms with E-state index in [1.807, 2.05) is 0 Å². The fourth-order valence-electron chi connectivity index (χ4n) is 5.19. The zero-order chi connectivity index (χ0) is 12.3. The molecule has 0 saturated heterocycles. The molecule has 3 heteroatoms. The molecule has 0 atom stereocenters. The highest BCUT2D eigenvalue weighted by molar-refractivity contribution is 5.84. The summed E-state index contributed by atoms with van der Waals surface area (Å²) in [7, 11) is 0. The second-order valence-corrected chi connectivity index (χ2v) is 6.70. The predicted octanol–water partition coefficient (Wildman–Crippen LogP) is 3.45. The van der Waals surface area contributed by atoms with Gasteiger partial charge in [-0.2, -0.15) is 0 Å². The second-order valence-electron chi connectivity index (χ2n) is 6.70. The number of hydrogen-bond donors (Lipinski definition) is 1. The molecule has 3 nitrogen and oxygen atoms in total. The number of hydrogen-bond acceptors (Lipinski definition) is 2. The number of rotatable bonds is 2. The number of carboxylic acids is 1. The van der Waals surface area contributed by atoms with Gasteiger partial charge in [-0.25, -0.2) is 4.79 Å². The Labute approximate surface area is 106 Å². The van der Waals surface area contributed by atoms with Crippen LogP contribution in [0.1, 0.15) is 54.6 Å². The molecule has 4 aliphatic carbocycles. The molecular formula is C15H18O3. The van der Waals surface area contributed by atoms with Gasteiger partial charge in [-0.15, -0.1) is 0 Å². The van der Waals surface area contributed by atoms with E-state index in [4.69, 9.17) is 9.52 Å². The molecule has 5 rings (SSSR count). The third-order valence-electron chi connectivity index (χ3n) is 5.46. The molecule has 1 aromatic heterocycles. The van der Waals surface area contributed by atoms with Gasteiger partial charge in [0.05, 0.1) is 6.26 Å². The molecule has 1 N–H and O–H groups in total. The second kappa shape index (κ2) is 3.40. The maximum Gasteiger partial charge on any atom is 0.371 e. The number of carboxylic acid groups (broad SMARTS) is 1. The third-order valence-corrected chi connectivity index (χ3v) is 5.46. The van der Waals surface area contributed by atoms with Gasteiger partial charge in [0.2, 0.25) is 5.76 Å². The molecule has 0 aromatic carbocycles. The first-order valence-corrected chi connectivity index (χ1v) is 6.97. The van der Waals surface area contributed by atoms with Crippen LogP contribution in [-0.4, -0.2) is 11.1 Å². The predicted molar refractivity (Wildman–Crippen MR) is 65.5 cm³/mol. The van der Waals surface area contributed by atoms with Crippen LogP contribution in [0, 0.1) is 17.8 Å². The fourth-order valence-corrected chi connectivity index (χ4v) is 5.19. The average Bonchev–Trinajstić information content (AvgIpc) is 2.76. The zero-order valence-electron chi connectivity index (χ0n) is 10.4. The van der Waals surface area contributed by atoms with Gasteiger partial charge in [-0.1, -0.05) is 0 Å². The smallest absolute Gasteiger partial charge is 0.371 e. The highest BCUT2D eigenvalue weighted by Crippen LogP contribution is 2.60. The number of furan rings is 1. The van der Waals surface area contributed by atoms with Crippen molar-refractivity contribution in [1.29, 1.82) is 0 Å². The summed E-state index contributed by atoms with van der Waals surface area (Å²) in [6, 6.07) is 1.77. The first kappa shape index (κ1) is 10.7. The van der Waals surface area contributed by atoms with Gasteiger partial charge in [0.15, 0.2) is 0 Å². The summed E-state index contributed by atoms with van der Waals surface area (Å²) in [5.41, 5.74) is 1.39. The van der Waals surface area contributed by atoms with Crippen LogP contribution in [0.25, 0.3) is 0 Å². The summed E-state index contributed by atoms with van der Waals surface area (Å²) < 4.78 is 5.22. The van der Waals surface area contributed by atoms with Crippen molar-refractivity contribution in [2.75, 3.05) is 0 Å². The first-order valence-electron chi connectivity index (χ1n) is 6.97. The third kappa shape index (κ3) is 1.39. The van der Waals surface area contributed by atoms with Gasteiger partial charge in [-0.3, -0.25) is 0 Å². The minimum atomic E-state index is -0.953. The van der Waals surface area contributed by atoms with E-state index in [0.717, 1.165) is 23.3 Å². The molecule has 0 unspecified atom stereocenters. The van der Waals surface area contributed by atoms with Crippen LogP contribution in [0.15, 0.2) is 16.7 Å². The minimum Gasteiger partial charge on any atom is -0.475 e. The van der Waals surface area contributed by atoms with Gasteiger partial charge in [0.1, 0.15) is 0 Å². The minimum absolute atomic E-state index is 0.0979. The molecule has 0 aliphatic heterocycles. The standard InChI is InChI=1S/C15H18O3/c16-14(17)13-4-12(8-18-13)15-5-9-1-10(6-15)3-11(2-9)7-15/h4,8-11H,1-3,5-7H2,(H,16,17). The Balaban J connectivity index is 1.72. The van der Waals surface area contributed by atoms with Crippen LogP contribution in [0.2, 0.25) is 0 Å². The topological polar surface area (TPSA) is 50.4 Å².